The Balaban J connectivity index is 1.58. The number of aromatic nitrogens is 2. The van der Waals surface area contributed by atoms with Gasteiger partial charge in [-0.2, -0.15) is 0 Å². The molecule has 0 aliphatic heterocycles. The zero-order chi connectivity index (χ0) is 23.9. The van der Waals surface area contributed by atoms with Crippen molar-refractivity contribution in [2.75, 3.05) is 7.11 Å². The van der Waals surface area contributed by atoms with Crippen molar-refractivity contribution in [3.63, 3.8) is 0 Å². The summed E-state index contributed by atoms with van der Waals surface area (Å²) in [6.07, 6.45) is 15.5. The van der Waals surface area contributed by atoms with Crippen LogP contribution in [0.15, 0.2) is 36.8 Å². The molecule has 2 saturated carbocycles. The van der Waals surface area contributed by atoms with E-state index in [0.29, 0.717) is 12.3 Å². The van der Waals surface area contributed by atoms with Gasteiger partial charge in [0.2, 0.25) is 5.91 Å². The van der Waals surface area contributed by atoms with Crippen LogP contribution in [0.2, 0.25) is 0 Å². The lowest BCUT2D eigenvalue weighted by molar-refractivity contribution is -0.150. The van der Waals surface area contributed by atoms with Crippen LogP contribution in [0.4, 0.5) is 0 Å². The van der Waals surface area contributed by atoms with Crippen LogP contribution in [0.25, 0.3) is 0 Å². The molecule has 2 fully saturated rings. The summed E-state index contributed by atoms with van der Waals surface area (Å²) in [5.74, 6) is 0.387. The number of ether oxygens (including phenoxy) is 1. The molecule has 2 N–H and O–H groups in total. The van der Waals surface area contributed by atoms with E-state index in [9.17, 15) is 9.59 Å². The Labute approximate surface area is 197 Å². The second-order valence-corrected chi connectivity index (χ2v) is 11.3. The Kier molecular flexibility index (Phi) is 6.32. The number of fused-ring (bicyclic) bond motifs is 3. The van der Waals surface area contributed by atoms with Crippen molar-refractivity contribution in [3.8, 4) is 0 Å². The number of imidazole rings is 1. The number of esters is 1. The number of carbonyl (C=O) groups excluding carboxylic acids is 2. The predicted molar refractivity (Wildman–Crippen MR) is 128 cm³/mol. The average molecular weight is 454 g/mol. The molecule has 1 heterocycles. The Morgan fingerprint density at radius 1 is 1.33 bits per heavy atom. The first kappa shape index (κ1) is 23.8. The molecular formula is C27H39N3O3. The van der Waals surface area contributed by atoms with E-state index in [0.717, 1.165) is 50.6 Å². The van der Waals surface area contributed by atoms with Gasteiger partial charge < -0.3 is 15.0 Å². The SMILES string of the molecule is C=C[C@@]1(C)CC=C2[C@@H](CC[C@@H]3[C@](C)(C(=O)N[C@@H](Cc4cnc[nH]4)C(=O)OC)CCC[C@@]23C)C1. The number of amides is 1. The standard InChI is InChI=1S/C27H39N3O3/c1-6-25(2)13-10-20-18(15-25)8-9-22-26(20,3)11-7-12-27(22,4)24(32)30-21(23(31)33-5)14-19-16-28-17-29-19/h6,10,16-18,21-22H,1,7-9,11-15H2,2-5H3,(H,28,29)(H,30,32)/t18-,21-,22-,25-,26-,27+/m0/s1. The molecule has 0 radical (unpaired) electrons. The fourth-order valence-electron chi connectivity index (χ4n) is 7.16. The third-order valence-corrected chi connectivity index (χ3v) is 9.12. The molecule has 6 nitrogen and oxygen atoms in total. The number of rotatable bonds is 6. The Hall–Kier alpha value is -2.37. The summed E-state index contributed by atoms with van der Waals surface area (Å²) in [4.78, 5) is 33.3. The van der Waals surface area contributed by atoms with E-state index in [2.05, 4.69) is 54.8 Å². The number of hydrogen-bond acceptors (Lipinski definition) is 4. The maximum Gasteiger partial charge on any atom is 0.328 e. The van der Waals surface area contributed by atoms with Gasteiger partial charge in [0.25, 0.3) is 0 Å². The maximum atomic E-state index is 13.8. The second-order valence-electron chi connectivity index (χ2n) is 11.3. The minimum absolute atomic E-state index is 0.0277. The van der Waals surface area contributed by atoms with E-state index in [4.69, 9.17) is 4.74 Å². The molecule has 1 aromatic heterocycles. The summed E-state index contributed by atoms with van der Waals surface area (Å²) in [5, 5.41) is 3.07. The number of aromatic amines is 1. The van der Waals surface area contributed by atoms with Gasteiger partial charge in [-0.3, -0.25) is 4.79 Å². The van der Waals surface area contributed by atoms with E-state index in [1.165, 1.54) is 7.11 Å². The molecule has 33 heavy (non-hydrogen) atoms. The van der Waals surface area contributed by atoms with Crippen LogP contribution in [0.1, 0.15) is 71.4 Å². The van der Waals surface area contributed by atoms with Crippen molar-refractivity contribution in [2.24, 2.45) is 28.1 Å². The van der Waals surface area contributed by atoms with Gasteiger partial charge in [0.1, 0.15) is 6.04 Å². The highest BCUT2D eigenvalue weighted by atomic mass is 16.5. The number of methoxy groups -OCH3 is 1. The van der Waals surface area contributed by atoms with Crippen molar-refractivity contribution >= 4 is 11.9 Å². The smallest absolute Gasteiger partial charge is 0.328 e. The Morgan fingerprint density at radius 2 is 2.12 bits per heavy atom. The molecule has 0 saturated heterocycles. The molecule has 3 aliphatic carbocycles. The van der Waals surface area contributed by atoms with Crippen LogP contribution < -0.4 is 5.32 Å². The average Bonchev–Trinajstić information content (AvgIpc) is 3.30. The number of hydrogen-bond donors (Lipinski definition) is 2. The summed E-state index contributed by atoms with van der Waals surface area (Å²) >= 11 is 0. The molecule has 3 aliphatic rings. The molecule has 6 heteroatoms. The van der Waals surface area contributed by atoms with E-state index in [1.807, 2.05) is 0 Å². The van der Waals surface area contributed by atoms with Crippen LogP contribution >= 0.6 is 0 Å². The van der Waals surface area contributed by atoms with Crippen molar-refractivity contribution in [3.05, 3.63) is 42.5 Å². The van der Waals surface area contributed by atoms with Crippen LogP contribution in [0.5, 0.6) is 0 Å². The van der Waals surface area contributed by atoms with Gasteiger partial charge in [0.15, 0.2) is 0 Å². The largest absolute Gasteiger partial charge is 0.467 e. The van der Waals surface area contributed by atoms with Gasteiger partial charge in [-0.15, -0.1) is 6.58 Å². The second kappa shape index (κ2) is 8.77. The molecule has 1 amide bonds. The molecule has 1 aromatic rings. The lowest BCUT2D eigenvalue weighted by Crippen LogP contribution is -2.57. The first-order valence-corrected chi connectivity index (χ1v) is 12.4. The van der Waals surface area contributed by atoms with Gasteiger partial charge >= 0.3 is 5.97 Å². The van der Waals surface area contributed by atoms with Gasteiger partial charge in [0.05, 0.1) is 18.9 Å². The molecule has 4 rings (SSSR count). The molecule has 180 valence electrons. The zero-order valence-electron chi connectivity index (χ0n) is 20.6. The number of allylic oxidation sites excluding steroid dienone is 3. The topological polar surface area (TPSA) is 84.1 Å². The quantitative estimate of drug-likeness (QED) is 0.481. The highest BCUT2D eigenvalue weighted by molar-refractivity contribution is 5.88. The Bertz CT molecular complexity index is 938. The maximum absolute atomic E-state index is 13.8. The lowest BCUT2D eigenvalue weighted by Gasteiger charge is -2.58. The molecule has 0 unspecified atom stereocenters. The molecule has 0 bridgehead atoms. The number of carbonyl (C=O) groups is 2. The van der Waals surface area contributed by atoms with Crippen molar-refractivity contribution in [1.82, 2.24) is 15.3 Å². The van der Waals surface area contributed by atoms with Crippen molar-refractivity contribution in [1.29, 1.82) is 0 Å². The van der Waals surface area contributed by atoms with Crippen molar-refractivity contribution < 1.29 is 14.3 Å². The monoisotopic (exact) mass is 453 g/mol. The fraction of sp³-hybridized carbons (Fsp3) is 0.667. The van der Waals surface area contributed by atoms with Gasteiger partial charge in [-0.05, 0) is 61.2 Å². The van der Waals surface area contributed by atoms with Gasteiger partial charge in [0, 0.05) is 18.3 Å². The van der Waals surface area contributed by atoms with Gasteiger partial charge in [-0.1, -0.05) is 44.9 Å². The number of nitrogens with zero attached hydrogens (tertiary/aromatic N) is 1. The van der Waals surface area contributed by atoms with Crippen LogP contribution in [-0.4, -0.2) is 35.0 Å². The molecule has 0 aromatic carbocycles. The minimum atomic E-state index is -0.730. The molecule has 0 spiro atoms. The first-order chi connectivity index (χ1) is 15.6. The van der Waals surface area contributed by atoms with E-state index in [1.54, 1.807) is 18.1 Å². The number of nitrogens with one attached hydrogen (secondary N) is 2. The number of H-pyrrole nitrogens is 1. The first-order valence-electron chi connectivity index (χ1n) is 12.4. The van der Waals surface area contributed by atoms with E-state index < -0.39 is 17.4 Å². The summed E-state index contributed by atoms with van der Waals surface area (Å²) in [5.41, 5.74) is 2.05. The minimum Gasteiger partial charge on any atom is -0.467 e. The van der Waals surface area contributed by atoms with E-state index >= 15 is 0 Å². The van der Waals surface area contributed by atoms with Crippen molar-refractivity contribution in [2.45, 2.75) is 78.2 Å². The summed E-state index contributed by atoms with van der Waals surface area (Å²) in [6.45, 7) is 10.9. The summed E-state index contributed by atoms with van der Waals surface area (Å²) in [6, 6.07) is -0.730. The lowest BCUT2D eigenvalue weighted by atomic mass is 9.46. The normalized spacial score (nSPS) is 36.5. The highest BCUT2D eigenvalue weighted by Gasteiger charge is 2.57. The van der Waals surface area contributed by atoms with Crippen LogP contribution in [-0.2, 0) is 20.7 Å². The highest BCUT2D eigenvalue weighted by Crippen LogP contribution is 2.63. The van der Waals surface area contributed by atoms with Crippen LogP contribution in [0, 0.1) is 28.1 Å². The van der Waals surface area contributed by atoms with Crippen LogP contribution in [0.3, 0.4) is 0 Å². The van der Waals surface area contributed by atoms with Gasteiger partial charge in [-0.25, -0.2) is 9.78 Å². The fourth-order valence-corrected chi connectivity index (χ4v) is 7.16. The summed E-state index contributed by atoms with van der Waals surface area (Å²) in [7, 11) is 1.36. The molecular weight excluding hydrogens is 414 g/mol. The third kappa shape index (κ3) is 4.17. The predicted octanol–water partition coefficient (Wildman–Crippen LogP) is 4.75. The zero-order valence-corrected chi connectivity index (χ0v) is 20.6. The van der Waals surface area contributed by atoms with E-state index in [-0.39, 0.29) is 22.7 Å². The Morgan fingerprint density at radius 3 is 2.79 bits per heavy atom. The third-order valence-electron chi connectivity index (χ3n) is 9.12. The summed E-state index contributed by atoms with van der Waals surface area (Å²) < 4.78 is 5.00. The molecule has 6 atom stereocenters.